The van der Waals surface area contributed by atoms with Crippen molar-refractivity contribution in [2.24, 2.45) is 0 Å². The Labute approximate surface area is 264 Å². The van der Waals surface area contributed by atoms with Crippen LogP contribution in [0, 0.1) is 13.8 Å². The number of likely N-dealkylation sites (N-methyl/N-ethyl adjacent to an activating group) is 1. The standard InChI is InChI=1S/C34H38Cl3N3O2/c1-22-15-23(2)17-27(16-22)33(42)38(4)20-26(25-5-7-30(36)31(37)18-25)9-12-39-13-10-34(11-14-39)21-40(24(3)41)32-8-6-28(35)19-29(32)34/h5-8,15-19,26H,9-14,20-21H2,1-4H3/t26-/m1/s1. The van der Waals surface area contributed by atoms with Crippen LogP contribution in [0.2, 0.25) is 15.1 Å². The van der Waals surface area contributed by atoms with Crippen molar-refractivity contribution in [2.45, 2.75) is 51.4 Å². The Morgan fingerprint density at radius 3 is 2.26 bits per heavy atom. The van der Waals surface area contributed by atoms with E-state index in [1.165, 1.54) is 5.56 Å². The van der Waals surface area contributed by atoms with Gasteiger partial charge in [-0.2, -0.15) is 0 Å². The van der Waals surface area contributed by atoms with Crippen LogP contribution in [0.25, 0.3) is 0 Å². The second-order valence-electron chi connectivity index (χ2n) is 12.1. The van der Waals surface area contributed by atoms with Gasteiger partial charge >= 0.3 is 0 Å². The zero-order chi connectivity index (χ0) is 30.2. The molecule has 0 N–H and O–H groups in total. The van der Waals surface area contributed by atoms with Gasteiger partial charge in [0.2, 0.25) is 5.91 Å². The van der Waals surface area contributed by atoms with Crippen LogP contribution >= 0.6 is 34.8 Å². The molecule has 3 aromatic carbocycles. The Kier molecular flexibility index (Phi) is 9.24. The maximum atomic E-state index is 13.4. The van der Waals surface area contributed by atoms with Crippen molar-refractivity contribution in [1.29, 1.82) is 0 Å². The molecule has 2 amide bonds. The minimum absolute atomic E-state index is 0.0142. The smallest absolute Gasteiger partial charge is 0.253 e. The Hall–Kier alpha value is -2.57. The summed E-state index contributed by atoms with van der Waals surface area (Å²) < 4.78 is 0. The van der Waals surface area contributed by atoms with Crippen LogP contribution in [0.3, 0.4) is 0 Å². The number of fused-ring (bicyclic) bond motifs is 2. The van der Waals surface area contributed by atoms with Crippen molar-refractivity contribution in [2.75, 3.05) is 44.7 Å². The lowest BCUT2D eigenvalue weighted by Crippen LogP contribution is -2.46. The van der Waals surface area contributed by atoms with Crippen molar-refractivity contribution >= 4 is 52.3 Å². The average molecular weight is 627 g/mol. The number of hydrogen-bond acceptors (Lipinski definition) is 3. The van der Waals surface area contributed by atoms with Crippen molar-refractivity contribution < 1.29 is 9.59 Å². The molecule has 2 heterocycles. The summed E-state index contributed by atoms with van der Waals surface area (Å²) in [6, 6.07) is 17.7. The van der Waals surface area contributed by atoms with E-state index in [1.807, 2.05) is 73.2 Å². The third kappa shape index (κ3) is 6.50. The summed E-state index contributed by atoms with van der Waals surface area (Å²) in [7, 11) is 1.87. The van der Waals surface area contributed by atoms with Gasteiger partial charge in [-0.1, -0.05) is 58.1 Å². The Morgan fingerprint density at radius 1 is 0.929 bits per heavy atom. The van der Waals surface area contributed by atoms with Gasteiger partial charge in [0, 0.05) is 54.7 Å². The quantitative estimate of drug-likeness (QED) is 0.268. The number of likely N-dealkylation sites (tertiary alicyclic amines) is 1. The fourth-order valence-corrected chi connectivity index (χ4v) is 7.23. The molecule has 0 aliphatic carbocycles. The normalized spacial score (nSPS) is 16.9. The molecule has 0 radical (unpaired) electrons. The van der Waals surface area contributed by atoms with Gasteiger partial charge in [-0.05, 0) is 106 Å². The number of halogens is 3. The van der Waals surface area contributed by atoms with Gasteiger partial charge in [-0.25, -0.2) is 0 Å². The lowest BCUT2D eigenvalue weighted by molar-refractivity contribution is -0.116. The lowest BCUT2D eigenvalue weighted by Gasteiger charge is -2.40. The molecule has 1 fully saturated rings. The summed E-state index contributed by atoms with van der Waals surface area (Å²) in [5.41, 5.74) is 6.07. The molecular weight excluding hydrogens is 589 g/mol. The second-order valence-corrected chi connectivity index (χ2v) is 13.4. The molecule has 5 nitrogen and oxygen atoms in total. The zero-order valence-electron chi connectivity index (χ0n) is 24.7. The van der Waals surface area contributed by atoms with E-state index in [2.05, 4.69) is 17.0 Å². The molecule has 42 heavy (non-hydrogen) atoms. The van der Waals surface area contributed by atoms with Gasteiger partial charge in [-0.3, -0.25) is 9.59 Å². The molecule has 8 heteroatoms. The molecule has 1 atom stereocenters. The largest absolute Gasteiger partial charge is 0.341 e. The van der Waals surface area contributed by atoms with E-state index in [0.29, 0.717) is 33.7 Å². The molecular formula is C34H38Cl3N3O2. The van der Waals surface area contributed by atoms with Gasteiger partial charge in [0.15, 0.2) is 0 Å². The first-order valence-electron chi connectivity index (χ1n) is 14.5. The van der Waals surface area contributed by atoms with Crippen molar-refractivity contribution in [3.8, 4) is 0 Å². The van der Waals surface area contributed by atoms with Crippen LogP contribution in [0.5, 0.6) is 0 Å². The minimum Gasteiger partial charge on any atom is -0.341 e. The van der Waals surface area contributed by atoms with Crippen LogP contribution in [0.4, 0.5) is 5.69 Å². The highest BCUT2D eigenvalue weighted by Crippen LogP contribution is 2.48. The van der Waals surface area contributed by atoms with Gasteiger partial charge in [0.1, 0.15) is 0 Å². The summed E-state index contributed by atoms with van der Waals surface area (Å²) in [4.78, 5) is 32.1. The molecule has 222 valence electrons. The zero-order valence-corrected chi connectivity index (χ0v) is 27.0. The SMILES string of the molecule is CC(=O)N1CC2(CCN(CC[C@H](CN(C)C(=O)c3cc(C)cc(C)c3)c3ccc(Cl)c(Cl)c3)CC2)c2cc(Cl)ccc21. The molecule has 3 aromatic rings. The van der Waals surface area contributed by atoms with E-state index in [1.54, 1.807) is 6.92 Å². The van der Waals surface area contributed by atoms with Gasteiger partial charge in [0.25, 0.3) is 5.91 Å². The highest BCUT2D eigenvalue weighted by molar-refractivity contribution is 6.42. The number of nitrogens with zero attached hydrogens (tertiary/aromatic N) is 3. The molecule has 1 spiro atoms. The Bertz CT molecular complexity index is 1480. The molecule has 2 aliphatic rings. The van der Waals surface area contributed by atoms with Crippen LogP contribution in [-0.4, -0.2) is 61.4 Å². The lowest BCUT2D eigenvalue weighted by atomic mass is 9.74. The van der Waals surface area contributed by atoms with E-state index >= 15 is 0 Å². The maximum Gasteiger partial charge on any atom is 0.253 e. The predicted molar refractivity (Wildman–Crippen MR) is 174 cm³/mol. The first kappa shape index (κ1) is 30.9. The molecule has 1 saturated heterocycles. The first-order valence-corrected chi connectivity index (χ1v) is 15.7. The number of piperidine rings is 1. The number of carbonyl (C=O) groups excluding carboxylic acids is 2. The molecule has 2 aliphatic heterocycles. The van der Waals surface area contributed by atoms with Gasteiger partial charge in [-0.15, -0.1) is 0 Å². The van der Waals surface area contributed by atoms with Gasteiger partial charge in [0.05, 0.1) is 10.0 Å². The molecule has 0 unspecified atom stereocenters. The van der Waals surface area contributed by atoms with E-state index in [0.717, 1.165) is 61.3 Å². The molecule has 0 saturated carbocycles. The van der Waals surface area contributed by atoms with Crippen molar-refractivity contribution in [1.82, 2.24) is 9.80 Å². The number of rotatable bonds is 7. The first-order chi connectivity index (χ1) is 20.0. The number of anilines is 1. The van der Waals surface area contributed by atoms with Crippen molar-refractivity contribution in [3.63, 3.8) is 0 Å². The molecule has 5 rings (SSSR count). The maximum absolute atomic E-state index is 13.4. The summed E-state index contributed by atoms with van der Waals surface area (Å²) >= 11 is 19.1. The number of carbonyl (C=O) groups is 2. The number of hydrogen-bond donors (Lipinski definition) is 0. The fraction of sp³-hybridized carbons (Fsp3) is 0.412. The highest BCUT2D eigenvalue weighted by atomic mass is 35.5. The topological polar surface area (TPSA) is 43.9 Å². The van der Waals surface area contributed by atoms with E-state index in [-0.39, 0.29) is 23.1 Å². The summed E-state index contributed by atoms with van der Waals surface area (Å²) in [5.74, 6) is 0.178. The average Bonchev–Trinajstić information content (AvgIpc) is 3.25. The third-order valence-electron chi connectivity index (χ3n) is 8.99. The summed E-state index contributed by atoms with van der Waals surface area (Å²) in [6.07, 6.45) is 2.80. The van der Waals surface area contributed by atoms with Crippen LogP contribution in [-0.2, 0) is 10.2 Å². The minimum atomic E-state index is -0.0654. The second kappa shape index (κ2) is 12.6. The van der Waals surface area contributed by atoms with E-state index < -0.39 is 0 Å². The summed E-state index contributed by atoms with van der Waals surface area (Å²) in [5, 5.41) is 1.76. The van der Waals surface area contributed by atoms with E-state index in [4.69, 9.17) is 34.8 Å². The number of aryl methyl sites for hydroxylation is 2. The predicted octanol–water partition coefficient (Wildman–Crippen LogP) is 7.91. The number of benzene rings is 3. The highest BCUT2D eigenvalue weighted by Gasteiger charge is 2.45. The number of amides is 2. The fourth-order valence-electron chi connectivity index (χ4n) is 6.75. The van der Waals surface area contributed by atoms with Crippen LogP contribution in [0.15, 0.2) is 54.6 Å². The third-order valence-corrected chi connectivity index (χ3v) is 9.97. The molecule has 0 aromatic heterocycles. The van der Waals surface area contributed by atoms with Crippen molar-refractivity contribution in [3.05, 3.63) is 97.5 Å². The van der Waals surface area contributed by atoms with Gasteiger partial charge < -0.3 is 14.7 Å². The monoisotopic (exact) mass is 625 g/mol. The summed E-state index contributed by atoms with van der Waals surface area (Å²) in [6.45, 7) is 9.71. The van der Waals surface area contributed by atoms with E-state index in [9.17, 15) is 9.59 Å². The van der Waals surface area contributed by atoms with Crippen LogP contribution in [0.1, 0.15) is 64.7 Å². The van der Waals surface area contributed by atoms with Crippen LogP contribution < -0.4 is 4.90 Å². The Balaban J connectivity index is 1.29. The molecule has 0 bridgehead atoms. The Morgan fingerprint density at radius 2 is 1.62 bits per heavy atom.